The number of rotatable bonds is 3. The third-order valence-electron chi connectivity index (χ3n) is 4.06. The molecule has 1 aliphatic carbocycles. The summed E-state index contributed by atoms with van der Waals surface area (Å²) in [5.74, 6) is 0. The predicted molar refractivity (Wildman–Crippen MR) is 82.2 cm³/mol. The molecule has 3 rings (SSSR count). The van der Waals surface area contributed by atoms with Crippen LogP contribution in [0.1, 0.15) is 42.6 Å². The number of H-pyrrole nitrogens is 1. The van der Waals surface area contributed by atoms with E-state index in [0.29, 0.717) is 6.04 Å². The van der Waals surface area contributed by atoms with Crippen molar-refractivity contribution in [2.45, 2.75) is 38.6 Å². The van der Waals surface area contributed by atoms with Crippen molar-refractivity contribution >= 4 is 5.69 Å². The summed E-state index contributed by atoms with van der Waals surface area (Å²) in [6.07, 6.45) is 4.21. The second kappa shape index (κ2) is 5.53. The van der Waals surface area contributed by atoms with Gasteiger partial charge in [0.2, 0.25) is 5.56 Å². The van der Waals surface area contributed by atoms with Gasteiger partial charge in [0.1, 0.15) is 0 Å². The molecule has 0 amide bonds. The molecule has 1 aliphatic rings. The van der Waals surface area contributed by atoms with Crippen LogP contribution >= 0.6 is 0 Å². The fourth-order valence-corrected chi connectivity index (χ4v) is 3.01. The van der Waals surface area contributed by atoms with Gasteiger partial charge in [0, 0.05) is 17.4 Å². The Labute approximate surface area is 119 Å². The lowest BCUT2D eigenvalue weighted by Gasteiger charge is -2.27. The summed E-state index contributed by atoms with van der Waals surface area (Å²) in [5.41, 5.74) is 4.87. The maximum absolute atomic E-state index is 11.4. The Morgan fingerprint density at radius 3 is 2.95 bits per heavy atom. The van der Waals surface area contributed by atoms with E-state index in [1.165, 1.54) is 16.8 Å². The van der Waals surface area contributed by atoms with Crippen molar-refractivity contribution in [2.24, 2.45) is 0 Å². The minimum atomic E-state index is -0.00152. The molecule has 0 spiro atoms. The molecule has 0 aliphatic heterocycles. The first-order valence-corrected chi connectivity index (χ1v) is 7.34. The van der Waals surface area contributed by atoms with E-state index in [2.05, 4.69) is 41.5 Å². The van der Waals surface area contributed by atoms with Gasteiger partial charge in [0.05, 0.1) is 6.04 Å². The van der Waals surface area contributed by atoms with Crippen molar-refractivity contribution in [1.29, 1.82) is 0 Å². The van der Waals surface area contributed by atoms with Crippen molar-refractivity contribution in [3.63, 3.8) is 0 Å². The van der Waals surface area contributed by atoms with Crippen LogP contribution in [-0.2, 0) is 12.8 Å². The minimum absolute atomic E-state index is 0.00152. The second-order valence-corrected chi connectivity index (χ2v) is 5.36. The lowest BCUT2D eigenvalue weighted by atomic mass is 9.91. The summed E-state index contributed by atoms with van der Waals surface area (Å²) in [6, 6.07) is 12.3. The maximum Gasteiger partial charge on any atom is 0.248 e. The predicted octanol–water partition coefficient (Wildman–Crippen LogP) is 3.43. The topological polar surface area (TPSA) is 44.9 Å². The highest BCUT2D eigenvalue weighted by molar-refractivity contribution is 5.53. The quantitative estimate of drug-likeness (QED) is 0.895. The van der Waals surface area contributed by atoms with Gasteiger partial charge < -0.3 is 10.3 Å². The zero-order chi connectivity index (χ0) is 13.9. The van der Waals surface area contributed by atoms with E-state index in [0.717, 1.165) is 31.4 Å². The summed E-state index contributed by atoms with van der Waals surface area (Å²) >= 11 is 0. The number of para-hydroxylation sites is 1. The van der Waals surface area contributed by atoms with Gasteiger partial charge in [-0.1, -0.05) is 25.1 Å². The minimum Gasteiger partial charge on any atom is -0.378 e. The summed E-state index contributed by atoms with van der Waals surface area (Å²) in [5, 5.41) is 3.65. The van der Waals surface area contributed by atoms with Gasteiger partial charge in [0.25, 0.3) is 0 Å². The maximum atomic E-state index is 11.4. The summed E-state index contributed by atoms with van der Waals surface area (Å²) in [6.45, 7) is 2.17. The Hall–Kier alpha value is -2.03. The monoisotopic (exact) mass is 268 g/mol. The fourth-order valence-electron chi connectivity index (χ4n) is 3.01. The van der Waals surface area contributed by atoms with Gasteiger partial charge in [-0.3, -0.25) is 4.79 Å². The second-order valence-electron chi connectivity index (χ2n) is 5.36. The number of benzene rings is 1. The third kappa shape index (κ3) is 2.48. The number of aromatic amines is 1. The summed E-state index contributed by atoms with van der Waals surface area (Å²) < 4.78 is 0. The van der Waals surface area contributed by atoms with Crippen LogP contribution in [0.15, 0.2) is 41.2 Å². The van der Waals surface area contributed by atoms with E-state index in [-0.39, 0.29) is 5.56 Å². The lowest BCUT2D eigenvalue weighted by molar-refractivity contribution is 0.586. The van der Waals surface area contributed by atoms with E-state index in [1.807, 2.05) is 6.07 Å². The number of aromatic nitrogens is 1. The van der Waals surface area contributed by atoms with Crippen molar-refractivity contribution in [3.05, 3.63) is 63.6 Å². The van der Waals surface area contributed by atoms with Crippen LogP contribution in [-0.4, -0.2) is 4.98 Å². The molecule has 104 valence electrons. The molecule has 0 radical (unpaired) electrons. The molecule has 1 aromatic heterocycles. The van der Waals surface area contributed by atoms with E-state index in [9.17, 15) is 4.79 Å². The Kier molecular flexibility index (Phi) is 3.59. The molecule has 0 fully saturated rings. The van der Waals surface area contributed by atoms with Gasteiger partial charge in [-0.05, 0) is 48.9 Å². The highest BCUT2D eigenvalue weighted by Gasteiger charge is 2.21. The Morgan fingerprint density at radius 2 is 2.10 bits per heavy atom. The van der Waals surface area contributed by atoms with Crippen LogP contribution in [0, 0.1) is 0 Å². The van der Waals surface area contributed by atoms with Gasteiger partial charge in [-0.2, -0.15) is 0 Å². The average Bonchev–Trinajstić information content (AvgIpc) is 2.47. The van der Waals surface area contributed by atoms with Gasteiger partial charge in [0.15, 0.2) is 0 Å². The molecule has 1 unspecified atom stereocenters. The molecular weight excluding hydrogens is 248 g/mol. The van der Waals surface area contributed by atoms with Gasteiger partial charge in [-0.15, -0.1) is 0 Å². The highest BCUT2D eigenvalue weighted by Crippen LogP contribution is 2.31. The normalized spacial score (nSPS) is 17.6. The summed E-state index contributed by atoms with van der Waals surface area (Å²) in [7, 11) is 0. The average molecular weight is 268 g/mol. The zero-order valence-electron chi connectivity index (χ0n) is 11.8. The molecule has 0 saturated carbocycles. The Morgan fingerprint density at radius 1 is 1.25 bits per heavy atom. The van der Waals surface area contributed by atoms with Crippen molar-refractivity contribution in [3.8, 4) is 0 Å². The first-order chi connectivity index (χ1) is 9.78. The number of aryl methyl sites for hydroxylation is 2. The van der Waals surface area contributed by atoms with E-state index in [4.69, 9.17) is 0 Å². The van der Waals surface area contributed by atoms with Crippen LogP contribution in [0.2, 0.25) is 0 Å². The van der Waals surface area contributed by atoms with Crippen molar-refractivity contribution in [1.82, 2.24) is 4.98 Å². The molecule has 0 saturated heterocycles. The summed E-state index contributed by atoms with van der Waals surface area (Å²) in [4.78, 5) is 14.4. The molecular formula is C17H20N2O. The third-order valence-corrected chi connectivity index (χ3v) is 4.06. The number of nitrogens with one attached hydrogen (secondary N) is 2. The van der Waals surface area contributed by atoms with Crippen LogP contribution in [0.5, 0.6) is 0 Å². The molecule has 2 aromatic rings. The molecule has 3 nitrogen and oxygen atoms in total. The first kappa shape index (κ1) is 13.0. The zero-order valence-corrected chi connectivity index (χ0v) is 11.8. The van der Waals surface area contributed by atoms with E-state index in [1.54, 1.807) is 6.07 Å². The Balaban J connectivity index is 1.91. The smallest absolute Gasteiger partial charge is 0.248 e. The standard InChI is InChI=1S/C17H20N2O/c1-2-12-6-3-4-7-14(12)18-15-8-5-9-16-13(15)10-11-17(20)19-16/h3-4,6-7,10-11,15,18H,2,5,8-9H2,1H3,(H,19,20). The van der Waals surface area contributed by atoms with Crippen LogP contribution in [0.4, 0.5) is 5.69 Å². The number of hydrogen-bond donors (Lipinski definition) is 2. The molecule has 1 aromatic carbocycles. The number of fused-ring (bicyclic) bond motifs is 1. The van der Waals surface area contributed by atoms with E-state index < -0.39 is 0 Å². The number of anilines is 1. The van der Waals surface area contributed by atoms with E-state index >= 15 is 0 Å². The molecule has 20 heavy (non-hydrogen) atoms. The fraction of sp³-hybridized carbons (Fsp3) is 0.353. The molecule has 1 heterocycles. The van der Waals surface area contributed by atoms with Gasteiger partial charge >= 0.3 is 0 Å². The van der Waals surface area contributed by atoms with Crippen molar-refractivity contribution in [2.75, 3.05) is 5.32 Å². The number of pyridine rings is 1. The molecule has 2 N–H and O–H groups in total. The van der Waals surface area contributed by atoms with Crippen molar-refractivity contribution < 1.29 is 0 Å². The largest absolute Gasteiger partial charge is 0.378 e. The first-order valence-electron chi connectivity index (χ1n) is 7.34. The molecule has 1 atom stereocenters. The van der Waals surface area contributed by atoms with Gasteiger partial charge in [-0.25, -0.2) is 0 Å². The Bertz CT molecular complexity index is 660. The SMILES string of the molecule is CCc1ccccc1NC1CCCc2[nH]c(=O)ccc21. The molecule has 3 heteroatoms. The highest BCUT2D eigenvalue weighted by atomic mass is 16.1. The van der Waals surface area contributed by atoms with Crippen LogP contribution < -0.4 is 10.9 Å². The van der Waals surface area contributed by atoms with Crippen LogP contribution in [0.25, 0.3) is 0 Å². The number of hydrogen-bond acceptors (Lipinski definition) is 2. The molecule has 0 bridgehead atoms. The van der Waals surface area contributed by atoms with Crippen LogP contribution in [0.3, 0.4) is 0 Å². The lowest BCUT2D eigenvalue weighted by Crippen LogP contribution is -2.22.